The highest BCUT2D eigenvalue weighted by molar-refractivity contribution is 5.75. The van der Waals surface area contributed by atoms with Crippen molar-refractivity contribution in [2.75, 3.05) is 0 Å². The minimum Gasteiger partial charge on any atom is -0.408 e. The quantitative estimate of drug-likeness (QED) is 0.689. The number of urea groups is 1. The molecule has 1 heterocycles. The largest absolute Gasteiger partial charge is 0.417 e. The summed E-state index contributed by atoms with van der Waals surface area (Å²) < 4.78 is 4.93. The number of fused-ring (bicyclic) bond motifs is 1. The summed E-state index contributed by atoms with van der Waals surface area (Å²) >= 11 is 0. The van der Waals surface area contributed by atoms with E-state index in [0.29, 0.717) is 24.2 Å². The Labute approximate surface area is 126 Å². The molecule has 3 aromatic rings. The summed E-state index contributed by atoms with van der Waals surface area (Å²) in [6.45, 7) is 0.838. The summed E-state index contributed by atoms with van der Waals surface area (Å²) in [4.78, 5) is 25.4. The maximum Gasteiger partial charge on any atom is 0.417 e. The van der Waals surface area contributed by atoms with Crippen molar-refractivity contribution in [3.63, 3.8) is 0 Å². The molecule has 1 aromatic heterocycles. The maximum atomic E-state index is 11.8. The number of oxazole rings is 1. The highest BCUT2D eigenvalue weighted by atomic mass is 16.4. The molecule has 0 fully saturated rings. The second-order valence-electron chi connectivity index (χ2n) is 4.87. The van der Waals surface area contributed by atoms with Crippen molar-refractivity contribution in [3.05, 3.63) is 70.2 Å². The van der Waals surface area contributed by atoms with Gasteiger partial charge in [-0.15, -0.1) is 0 Å². The van der Waals surface area contributed by atoms with Gasteiger partial charge in [-0.25, -0.2) is 9.59 Å². The molecule has 0 unspecified atom stereocenters. The average Bonchev–Trinajstić information content (AvgIpc) is 2.91. The molecule has 0 saturated carbocycles. The highest BCUT2D eigenvalue weighted by Crippen LogP contribution is 2.11. The fraction of sp³-hybridized carbons (Fsp3) is 0.125. The molecule has 3 N–H and O–H groups in total. The van der Waals surface area contributed by atoms with Crippen molar-refractivity contribution >= 4 is 17.1 Å². The molecule has 2 amide bonds. The van der Waals surface area contributed by atoms with Crippen molar-refractivity contribution in [2.24, 2.45) is 0 Å². The predicted molar refractivity (Wildman–Crippen MR) is 82.4 cm³/mol. The molecule has 0 bridgehead atoms. The number of carbonyl (C=O) groups is 1. The Morgan fingerprint density at radius 1 is 1.00 bits per heavy atom. The van der Waals surface area contributed by atoms with Gasteiger partial charge in [0.25, 0.3) is 0 Å². The summed E-state index contributed by atoms with van der Waals surface area (Å²) in [6.07, 6.45) is 0. The van der Waals surface area contributed by atoms with Crippen LogP contribution in [-0.4, -0.2) is 11.0 Å². The second-order valence-corrected chi connectivity index (χ2v) is 4.87. The molecule has 0 spiro atoms. The van der Waals surface area contributed by atoms with Crippen molar-refractivity contribution in [1.82, 2.24) is 15.6 Å². The van der Waals surface area contributed by atoms with Gasteiger partial charge in [-0.2, -0.15) is 0 Å². The summed E-state index contributed by atoms with van der Waals surface area (Å²) in [7, 11) is 0. The molecule has 0 radical (unpaired) electrons. The van der Waals surface area contributed by atoms with Crippen molar-refractivity contribution in [1.29, 1.82) is 0 Å². The Morgan fingerprint density at radius 2 is 1.73 bits per heavy atom. The summed E-state index contributed by atoms with van der Waals surface area (Å²) in [5.41, 5.74) is 3.03. The lowest BCUT2D eigenvalue weighted by atomic mass is 10.2. The van der Waals surface area contributed by atoms with Crippen LogP contribution in [0.25, 0.3) is 11.1 Å². The molecule has 0 aliphatic carbocycles. The van der Waals surface area contributed by atoms with E-state index in [-0.39, 0.29) is 6.03 Å². The molecule has 112 valence electrons. The number of hydrogen-bond donors (Lipinski definition) is 3. The predicted octanol–water partition coefficient (Wildman–Crippen LogP) is 2.12. The van der Waals surface area contributed by atoms with E-state index in [1.807, 2.05) is 30.3 Å². The van der Waals surface area contributed by atoms with E-state index < -0.39 is 5.76 Å². The molecule has 0 aliphatic heterocycles. The van der Waals surface area contributed by atoms with Crippen molar-refractivity contribution in [2.45, 2.75) is 13.1 Å². The van der Waals surface area contributed by atoms with E-state index in [1.165, 1.54) is 0 Å². The Hall–Kier alpha value is -3.02. The van der Waals surface area contributed by atoms with Gasteiger partial charge in [-0.05, 0) is 23.3 Å². The minimum atomic E-state index is -0.485. The van der Waals surface area contributed by atoms with Crippen LogP contribution < -0.4 is 16.4 Å². The van der Waals surface area contributed by atoms with E-state index in [4.69, 9.17) is 4.42 Å². The number of aromatic nitrogens is 1. The zero-order valence-electron chi connectivity index (χ0n) is 11.8. The number of benzene rings is 2. The third-order valence-corrected chi connectivity index (χ3v) is 3.23. The van der Waals surface area contributed by atoms with E-state index in [9.17, 15) is 9.59 Å². The topological polar surface area (TPSA) is 87.1 Å². The number of rotatable bonds is 4. The third-order valence-electron chi connectivity index (χ3n) is 3.23. The summed E-state index contributed by atoms with van der Waals surface area (Å²) in [5, 5.41) is 5.55. The standard InChI is InChI=1S/C16H15N3O3/c20-15(17-9-11-4-2-1-3-5-11)18-10-12-6-7-14-13(8-12)19-16(21)22-14/h1-8H,9-10H2,(H,19,21)(H2,17,18,20). The zero-order valence-corrected chi connectivity index (χ0v) is 11.8. The van der Waals surface area contributed by atoms with E-state index in [2.05, 4.69) is 15.6 Å². The van der Waals surface area contributed by atoms with Gasteiger partial charge >= 0.3 is 11.8 Å². The molecule has 0 aliphatic rings. The molecular weight excluding hydrogens is 282 g/mol. The normalized spacial score (nSPS) is 10.5. The first-order chi connectivity index (χ1) is 10.7. The van der Waals surface area contributed by atoms with Gasteiger partial charge in [-0.3, -0.25) is 4.98 Å². The molecule has 0 atom stereocenters. The monoisotopic (exact) mass is 297 g/mol. The molecule has 3 rings (SSSR count). The zero-order chi connectivity index (χ0) is 15.4. The fourth-order valence-electron chi connectivity index (χ4n) is 2.13. The number of carbonyl (C=O) groups excluding carboxylic acids is 1. The van der Waals surface area contributed by atoms with Gasteiger partial charge in [-0.1, -0.05) is 36.4 Å². The van der Waals surface area contributed by atoms with E-state index in [0.717, 1.165) is 11.1 Å². The van der Waals surface area contributed by atoms with Gasteiger partial charge in [0, 0.05) is 13.1 Å². The molecule has 0 saturated heterocycles. The maximum absolute atomic E-state index is 11.8. The van der Waals surface area contributed by atoms with Gasteiger partial charge in [0.15, 0.2) is 5.58 Å². The van der Waals surface area contributed by atoms with Gasteiger partial charge in [0.2, 0.25) is 0 Å². The lowest BCUT2D eigenvalue weighted by molar-refractivity contribution is 0.240. The molecule has 6 nitrogen and oxygen atoms in total. The van der Waals surface area contributed by atoms with Crippen molar-refractivity contribution in [3.8, 4) is 0 Å². The van der Waals surface area contributed by atoms with Gasteiger partial charge in [0.05, 0.1) is 5.52 Å². The summed E-state index contributed by atoms with van der Waals surface area (Å²) in [6, 6.07) is 14.7. The number of H-pyrrole nitrogens is 1. The first kappa shape index (κ1) is 13.9. The van der Waals surface area contributed by atoms with Crippen LogP contribution >= 0.6 is 0 Å². The van der Waals surface area contributed by atoms with Crippen molar-refractivity contribution < 1.29 is 9.21 Å². The second kappa shape index (κ2) is 6.17. The summed E-state index contributed by atoms with van der Waals surface area (Å²) in [5.74, 6) is -0.485. The van der Waals surface area contributed by atoms with E-state index in [1.54, 1.807) is 18.2 Å². The van der Waals surface area contributed by atoms with Crippen LogP contribution in [0.15, 0.2) is 57.7 Å². The van der Waals surface area contributed by atoms with Gasteiger partial charge < -0.3 is 15.1 Å². The number of nitrogens with one attached hydrogen (secondary N) is 3. The van der Waals surface area contributed by atoms with Crippen LogP contribution in [0.3, 0.4) is 0 Å². The molecule has 6 heteroatoms. The van der Waals surface area contributed by atoms with Crippen LogP contribution in [0, 0.1) is 0 Å². The third kappa shape index (κ3) is 3.35. The smallest absolute Gasteiger partial charge is 0.408 e. The Balaban J connectivity index is 1.54. The molecule has 22 heavy (non-hydrogen) atoms. The SMILES string of the molecule is O=C(NCc1ccccc1)NCc1ccc2oc(=O)[nH]c2c1. The highest BCUT2D eigenvalue weighted by Gasteiger charge is 2.04. The first-order valence-electron chi connectivity index (χ1n) is 6.88. The fourth-order valence-corrected chi connectivity index (χ4v) is 2.13. The van der Waals surface area contributed by atoms with E-state index >= 15 is 0 Å². The lowest BCUT2D eigenvalue weighted by Crippen LogP contribution is -2.34. The number of aromatic amines is 1. The minimum absolute atomic E-state index is 0.246. The molecule has 2 aromatic carbocycles. The van der Waals surface area contributed by atoms with Crippen LogP contribution in [0.1, 0.15) is 11.1 Å². The Morgan fingerprint density at radius 3 is 2.50 bits per heavy atom. The molecular formula is C16H15N3O3. The first-order valence-corrected chi connectivity index (χ1v) is 6.88. The van der Waals surface area contributed by atoms with Crippen LogP contribution in [0.5, 0.6) is 0 Å². The lowest BCUT2D eigenvalue weighted by Gasteiger charge is -2.07. The average molecular weight is 297 g/mol. The van der Waals surface area contributed by atoms with Gasteiger partial charge in [0.1, 0.15) is 0 Å². The van der Waals surface area contributed by atoms with Crippen LogP contribution in [-0.2, 0) is 13.1 Å². The van der Waals surface area contributed by atoms with Crippen LogP contribution in [0.2, 0.25) is 0 Å². The van der Waals surface area contributed by atoms with Crippen LogP contribution in [0.4, 0.5) is 4.79 Å². The number of amides is 2. The Bertz CT molecular complexity index is 836. The Kier molecular flexibility index (Phi) is 3.91. The number of hydrogen-bond acceptors (Lipinski definition) is 3.